The van der Waals surface area contributed by atoms with Gasteiger partial charge in [0.05, 0.1) is 5.92 Å². The van der Waals surface area contributed by atoms with E-state index in [1.54, 1.807) is 0 Å². The molecule has 0 bridgehead atoms. The first-order valence-electron chi connectivity index (χ1n) is 11.9. The molecule has 0 heterocycles. The molecule has 2 saturated carbocycles. The number of carbonyl (C=O) groups is 1. The lowest BCUT2D eigenvalue weighted by Crippen LogP contribution is -2.30. The van der Waals surface area contributed by atoms with E-state index >= 15 is 0 Å². The van der Waals surface area contributed by atoms with Crippen molar-refractivity contribution in [3.05, 3.63) is 54.4 Å². The molecule has 0 amide bonds. The smallest absolute Gasteiger partial charge is 0.314 e. The van der Waals surface area contributed by atoms with E-state index in [2.05, 4.69) is 6.58 Å². The van der Waals surface area contributed by atoms with Crippen LogP contribution in [-0.2, 0) is 4.79 Å². The normalized spacial score (nSPS) is 26.1. The van der Waals surface area contributed by atoms with Gasteiger partial charge >= 0.3 is 5.97 Å². The second-order valence-corrected chi connectivity index (χ2v) is 9.55. The van der Waals surface area contributed by atoms with Gasteiger partial charge in [-0.3, -0.25) is 4.79 Å². The fourth-order valence-electron chi connectivity index (χ4n) is 5.67. The highest BCUT2D eigenvalue weighted by atomic mass is 19.2. The summed E-state index contributed by atoms with van der Waals surface area (Å²) < 4.78 is 46.3. The van der Waals surface area contributed by atoms with Gasteiger partial charge in [0, 0.05) is 5.39 Å². The number of fused-ring (bicyclic) bond motifs is 1. The van der Waals surface area contributed by atoms with Crippen LogP contribution in [0.1, 0.15) is 64.2 Å². The molecule has 2 nitrogen and oxygen atoms in total. The molecule has 32 heavy (non-hydrogen) atoms. The SMILES string of the molecule is C=CCCC1CCC(C2CCC(C(=O)Oc3ccc4c(F)c(F)c(F)cc4c3)CC2)CC1. The zero-order valence-electron chi connectivity index (χ0n) is 18.4. The summed E-state index contributed by atoms with van der Waals surface area (Å²) >= 11 is 0. The number of hydrogen-bond acceptors (Lipinski definition) is 2. The topological polar surface area (TPSA) is 26.3 Å². The first-order chi connectivity index (χ1) is 15.5. The van der Waals surface area contributed by atoms with Crippen LogP contribution in [0.15, 0.2) is 36.9 Å². The molecule has 2 aliphatic rings. The van der Waals surface area contributed by atoms with Crippen molar-refractivity contribution in [2.45, 2.75) is 64.2 Å². The van der Waals surface area contributed by atoms with Crippen molar-refractivity contribution < 1.29 is 22.7 Å². The van der Waals surface area contributed by atoms with Gasteiger partial charge in [-0.1, -0.05) is 18.9 Å². The highest BCUT2D eigenvalue weighted by molar-refractivity contribution is 5.85. The number of hydrogen-bond donors (Lipinski definition) is 0. The molecule has 0 saturated heterocycles. The summed E-state index contributed by atoms with van der Waals surface area (Å²) in [6.45, 7) is 3.82. The van der Waals surface area contributed by atoms with E-state index in [4.69, 9.17) is 4.74 Å². The predicted octanol–water partition coefficient (Wildman–Crippen LogP) is 7.74. The van der Waals surface area contributed by atoms with Gasteiger partial charge in [0.25, 0.3) is 0 Å². The van der Waals surface area contributed by atoms with Crippen LogP contribution in [0.2, 0.25) is 0 Å². The quantitative estimate of drug-likeness (QED) is 0.197. The molecular formula is C27H31F3O2. The summed E-state index contributed by atoms with van der Waals surface area (Å²) in [6, 6.07) is 5.05. The highest BCUT2D eigenvalue weighted by Crippen LogP contribution is 2.42. The Bertz CT molecular complexity index is 971. The molecule has 0 aliphatic heterocycles. The van der Waals surface area contributed by atoms with Gasteiger partial charge in [0.1, 0.15) is 5.75 Å². The summed E-state index contributed by atoms with van der Waals surface area (Å²) in [5.74, 6) is -1.88. The Balaban J connectivity index is 1.29. The van der Waals surface area contributed by atoms with Crippen LogP contribution in [0.3, 0.4) is 0 Å². The van der Waals surface area contributed by atoms with Gasteiger partial charge in [-0.05, 0) is 98.8 Å². The van der Waals surface area contributed by atoms with E-state index in [-0.39, 0.29) is 28.4 Å². The van der Waals surface area contributed by atoms with Gasteiger partial charge in [-0.2, -0.15) is 0 Å². The van der Waals surface area contributed by atoms with E-state index in [9.17, 15) is 18.0 Å². The van der Waals surface area contributed by atoms with Crippen molar-refractivity contribution in [3.63, 3.8) is 0 Å². The van der Waals surface area contributed by atoms with Crippen LogP contribution < -0.4 is 4.74 Å². The Hall–Kier alpha value is -2.30. The largest absolute Gasteiger partial charge is 0.426 e. The maximum Gasteiger partial charge on any atom is 0.314 e. The molecular weight excluding hydrogens is 413 g/mol. The summed E-state index contributed by atoms with van der Waals surface area (Å²) in [4.78, 5) is 12.7. The Morgan fingerprint density at radius 3 is 2.25 bits per heavy atom. The molecule has 172 valence electrons. The van der Waals surface area contributed by atoms with Gasteiger partial charge in [0.2, 0.25) is 0 Å². The van der Waals surface area contributed by atoms with Crippen LogP contribution in [0.5, 0.6) is 5.75 Å². The first-order valence-corrected chi connectivity index (χ1v) is 11.9. The Morgan fingerprint density at radius 1 is 0.938 bits per heavy atom. The average molecular weight is 445 g/mol. The second-order valence-electron chi connectivity index (χ2n) is 9.55. The highest BCUT2D eigenvalue weighted by Gasteiger charge is 2.33. The van der Waals surface area contributed by atoms with Crippen LogP contribution in [-0.4, -0.2) is 5.97 Å². The number of halogens is 3. The van der Waals surface area contributed by atoms with Crippen LogP contribution in [0.4, 0.5) is 13.2 Å². The fraction of sp³-hybridized carbons (Fsp3) is 0.519. The molecule has 0 aromatic heterocycles. The van der Waals surface area contributed by atoms with E-state index in [1.807, 2.05) is 6.08 Å². The van der Waals surface area contributed by atoms with Crippen LogP contribution >= 0.6 is 0 Å². The third kappa shape index (κ3) is 5.02. The van der Waals surface area contributed by atoms with Gasteiger partial charge < -0.3 is 4.74 Å². The first kappa shape index (κ1) is 22.9. The van der Waals surface area contributed by atoms with E-state index < -0.39 is 17.5 Å². The molecule has 4 rings (SSSR count). The van der Waals surface area contributed by atoms with Crippen molar-refractivity contribution in [2.24, 2.45) is 23.7 Å². The lowest BCUT2D eigenvalue weighted by molar-refractivity contribution is -0.140. The van der Waals surface area contributed by atoms with Crippen molar-refractivity contribution in [2.75, 3.05) is 0 Å². The third-order valence-corrected chi connectivity index (χ3v) is 7.60. The fourth-order valence-corrected chi connectivity index (χ4v) is 5.67. The minimum atomic E-state index is -1.50. The van der Waals surface area contributed by atoms with Gasteiger partial charge in [-0.15, -0.1) is 6.58 Å². The number of esters is 1. The predicted molar refractivity (Wildman–Crippen MR) is 120 cm³/mol. The number of ether oxygens (including phenoxy) is 1. The molecule has 0 spiro atoms. The van der Waals surface area contributed by atoms with E-state index in [0.29, 0.717) is 5.92 Å². The zero-order valence-corrected chi connectivity index (χ0v) is 18.4. The average Bonchev–Trinajstić information content (AvgIpc) is 2.81. The Morgan fingerprint density at radius 2 is 1.59 bits per heavy atom. The Labute approximate surface area is 187 Å². The summed E-state index contributed by atoms with van der Waals surface area (Å²) in [7, 11) is 0. The molecule has 0 radical (unpaired) electrons. The van der Waals surface area contributed by atoms with E-state index in [0.717, 1.165) is 50.0 Å². The zero-order chi connectivity index (χ0) is 22.7. The van der Waals surface area contributed by atoms with Crippen molar-refractivity contribution in [1.82, 2.24) is 0 Å². The number of allylic oxidation sites excluding steroid dienone is 1. The molecule has 0 unspecified atom stereocenters. The maximum atomic E-state index is 13.9. The van der Waals surface area contributed by atoms with Gasteiger partial charge in [0.15, 0.2) is 17.5 Å². The Kier molecular flexibility index (Phi) is 7.22. The molecule has 2 aromatic carbocycles. The van der Waals surface area contributed by atoms with Crippen molar-refractivity contribution in [1.29, 1.82) is 0 Å². The molecule has 2 fully saturated rings. The summed E-state index contributed by atoms with van der Waals surface area (Å²) in [5, 5.41) is 0.127. The van der Waals surface area contributed by atoms with Crippen molar-refractivity contribution >= 4 is 16.7 Å². The monoisotopic (exact) mass is 444 g/mol. The number of carbonyl (C=O) groups excluding carboxylic acids is 1. The number of benzene rings is 2. The summed E-state index contributed by atoms with van der Waals surface area (Å²) in [5.41, 5.74) is 0. The molecule has 0 atom stereocenters. The van der Waals surface area contributed by atoms with Crippen LogP contribution in [0, 0.1) is 41.1 Å². The lowest BCUT2D eigenvalue weighted by Gasteiger charge is -2.37. The molecule has 2 aliphatic carbocycles. The second kappa shape index (κ2) is 10.1. The van der Waals surface area contributed by atoms with Crippen LogP contribution in [0.25, 0.3) is 10.8 Å². The molecule has 0 N–H and O–H groups in total. The van der Waals surface area contributed by atoms with E-state index in [1.165, 1.54) is 50.3 Å². The molecule has 5 heteroatoms. The standard InChI is InChI=1S/C27H31F3O2/c1-2-3-4-17-5-7-18(8-6-17)19-9-11-20(12-10-19)27(31)32-22-13-14-23-21(15-22)16-24(28)26(30)25(23)29/h2,13-20H,1,3-12H2. The third-order valence-electron chi connectivity index (χ3n) is 7.60. The summed E-state index contributed by atoms with van der Waals surface area (Å²) in [6.07, 6.45) is 13.4. The minimum Gasteiger partial charge on any atom is -0.426 e. The molecule has 2 aromatic rings. The minimum absolute atomic E-state index is 0.0385. The maximum absolute atomic E-state index is 13.9. The number of rotatable bonds is 6. The van der Waals surface area contributed by atoms with Crippen molar-refractivity contribution in [3.8, 4) is 5.75 Å². The lowest BCUT2D eigenvalue weighted by atomic mass is 9.69. The van der Waals surface area contributed by atoms with Gasteiger partial charge in [-0.25, -0.2) is 13.2 Å².